The van der Waals surface area contributed by atoms with E-state index >= 15 is 0 Å². The smallest absolute Gasteiger partial charge is 0.333 e. The normalized spacial score (nSPS) is 50.3. The fourth-order valence-corrected chi connectivity index (χ4v) is 10.9. The summed E-state index contributed by atoms with van der Waals surface area (Å²) in [5.74, 6) is -0.589. The fraction of sp³-hybridized carbons (Fsp3) is 0.788. The number of hydrogen-bond acceptors (Lipinski definition) is 8. The molecule has 0 aromatic rings. The second-order valence-electron chi connectivity index (χ2n) is 14.7. The van der Waals surface area contributed by atoms with Gasteiger partial charge in [-0.25, -0.2) is 4.79 Å². The lowest BCUT2D eigenvalue weighted by atomic mass is 9.36. The average molecular weight is 571 g/mol. The Morgan fingerprint density at radius 1 is 1.15 bits per heavy atom. The minimum Gasteiger partial charge on any atom is -0.465 e. The molecular weight excluding hydrogens is 524 g/mol. The molecule has 0 amide bonds. The summed E-state index contributed by atoms with van der Waals surface area (Å²) in [7, 11) is 0. The maximum absolute atomic E-state index is 13.5. The van der Waals surface area contributed by atoms with E-state index in [1.165, 1.54) is 12.5 Å². The summed E-state index contributed by atoms with van der Waals surface area (Å²) in [5, 5.41) is 12.0. The van der Waals surface area contributed by atoms with Gasteiger partial charge in [-0.2, -0.15) is 0 Å². The molecule has 0 spiro atoms. The van der Waals surface area contributed by atoms with Crippen LogP contribution < -0.4 is 0 Å². The van der Waals surface area contributed by atoms with Crippen LogP contribution in [0.5, 0.6) is 0 Å². The number of carbonyl (C=O) groups is 3. The Balaban J connectivity index is 1.48. The molecule has 8 nitrogen and oxygen atoms in total. The van der Waals surface area contributed by atoms with Crippen molar-refractivity contribution in [1.29, 1.82) is 0 Å². The molecule has 6 rings (SSSR count). The van der Waals surface area contributed by atoms with E-state index in [0.29, 0.717) is 31.6 Å². The van der Waals surface area contributed by atoms with E-state index in [9.17, 15) is 19.5 Å². The first-order valence-corrected chi connectivity index (χ1v) is 15.4. The molecule has 0 bridgehead atoms. The van der Waals surface area contributed by atoms with Crippen LogP contribution in [0.25, 0.3) is 0 Å². The number of rotatable bonds is 4. The molecule has 2 aliphatic heterocycles. The van der Waals surface area contributed by atoms with E-state index < -0.39 is 40.7 Å². The van der Waals surface area contributed by atoms with Crippen LogP contribution in [0, 0.1) is 45.3 Å². The molecule has 0 radical (unpaired) electrons. The minimum atomic E-state index is -0.713. The summed E-state index contributed by atoms with van der Waals surface area (Å²) < 4.78 is 24.4. The van der Waals surface area contributed by atoms with Crippen LogP contribution in [0.2, 0.25) is 0 Å². The van der Waals surface area contributed by atoms with Crippen LogP contribution in [0.1, 0.15) is 80.6 Å². The second-order valence-corrected chi connectivity index (χ2v) is 14.7. The summed E-state index contributed by atoms with van der Waals surface area (Å²) in [6.45, 7) is 14.7. The average Bonchev–Trinajstić information content (AvgIpc) is 3.60. The lowest BCUT2D eigenvalue weighted by Crippen LogP contribution is -2.73. The number of ether oxygens (including phenoxy) is 4. The van der Waals surface area contributed by atoms with Crippen LogP contribution in [-0.4, -0.2) is 60.6 Å². The molecule has 41 heavy (non-hydrogen) atoms. The SMILES string of the molecule is C/C=C(\C)C(=O)O[C@@H]1[C@H]2OC[C@]3(C)[C@H](OC(C)=O)C[C@H](O)[C@@](C)([C@@H]23)[C@H]2CC[C@@]3(C)C(=CC[C@@H]3[C@@H]3COC(=O)C3)[C@]12C. The third-order valence-corrected chi connectivity index (χ3v) is 12.8. The zero-order valence-electron chi connectivity index (χ0n) is 25.5. The number of esters is 3. The van der Waals surface area contributed by atoms with Crippen molar-refractivity contribution in [3.8, 4) is 0 Å². The van der Waals surface area contributed by atoms with Crippen molar-refractivity contribution >= 4 is 17.9 Å². The number of carbonyl (C=O) groups excluding carboxylic acids is 3. The zero-order valence-corrected chi connectivity index (χ0v) is 25.5. The molecule has 0 unspecified atom stereocenters. The van der Waals surface area contributed by atoms with Crippen molar-refractivity contribution in [3.05, 3.63) is 23.3 Å². The summed E-state index contributed by atoms with van der Waals surface area (Å²) in [4.78, 5) is 37.7. The van der Waals surface area contributed by atoms with Gasteiger partial charge in [-0.3, -0.25) is 9.59 Å². The summed E-state index contributed by atoms with van der Waals surface area (Å²) >= 11 is 0. The minimum absolute atomic E-state index is 0.00815. The van der Waals surface area contributed by atoms with Gasteiger partial charge in [0.2, 0.25) is 0 Å². The lowest BCUT2D eigenvalue weighted by Gasteiger charge is -2.69. The standard InChI is InChI=1S/C33H46O8/c1-8-17(2)29(37)41-28-26-27-31(5,16-39-26)24(40-18(3)34)14-23(35)33(27,7)22-11-12-30(4)20(19-13-25(36)38-15-19)9-10-21(30)32(22,28)6/h8,10,19-20,22-24,26-28,35H,9,11-16H2,1-7H3/b17-8+/t19-,20+,22-,23-,24+,26-,27-,28+,30+,31+,32-,33-/m0/s1. The van der Waals surface area contributed by atoms with Crippen molar-refractivity contribution in [3.63, 3.8) is 0 Å². The molecule has 0 aromatic heterocycles. The van der Waals surface area contributed by atoms with Gasteiger partial charge in [0, 0.05) is 47.0 Å². The third-order valence-electron chi connectivity index (χ3n) is 12.8. The van der Waals surface area contributed by atoms with Gasteiger partial charge in [0.15, 0.2) is 0 Å². The van der Waals surface area contributed by atoms with E-state index in [4.69, 9.17) is 18.9 Å². The zero-order chi connectivity index (χ0) is 29.7. The Hall–Kier alpha value is -2.19. The predicted octanol–water partition coefficient (Wildman–Crippen LogP) is 4.53. The topological polar surface area (TPSA) is 108 Å². The summed E-state index contributed by atoms with van der Waals surface area (Å²) in [6, 6.07) is 0. The first-order valence-electron chi connectivity index (χ1n) is 15.4. The van der Waals surface area contributed by atoms with E-state index in [0.717, 1.165) is 19.3 Å². The molecule has 1 N–H and O–H groups in total. The largest absolute Gasteiger partial charge is 0.465 e. The molecule has 3 saturated carbocycles. The van der Waals surface area contributed by atoms with E-state index in [1.807, 2.05) is 6.92 Å². The molecule has 8 heteroatoms. The van der Waals surface area contributed by atoms with Crippen LogP contribution >= 0.6 is 0 Å². The quantitative estimate of drug-likeness (QED) is 0.227. The van der Waals surface area contributed by atoms with Crippen molar-refractivity contribution in [1.82, 2.24) is 0 Å². The Morgan fingerprint density at radius 2 is 1.88 bits per heavy atom. The number of cyclic esters (lactones) is 1. The van der Waals surface area contributed by atoms with Gasteiger partial charge in [0.25, 0.3) is 0 Å². The second kappa shape index (κ2) is 9.40. The number of hydrogen-bond donors (Lipinski definition) is 1. The number of fused-ring (bicyclic) bond motifs is 4. The molecule has 2 heterocycles. The van der Waals surface area contributed by atoms with E-state index in [1.54, 1.807) is 13.0 Å². The van der Waals surface area contributed by atoms with Gasteiger partial charge in [0.1, 0.15) is 12.2 Å². The predicted molar refractivity (Wildman–Crippen MR) is 149 cm³/mol. The highest BCUT2D eigenvalue weighted by Crippen LogP contribution is 2.75. The molecule has 2 saturated heterocycles. The van der Waals surface area contributed by atoms with E-state index in [-0.39, 0.29) is 47.0 Å². The molecular formula is C33H46O8. The maximum atomic E-state index is 13.5. The Bertz CT molecular complexity index is 1220. The number of allylic oxidation sites excluding steroid dienone is 2. The molecule has 5 fully saturated rings. The van der Waals surface area contributed by atoms with Crippen LogP contribution in [0.3, 0.4) is 0 Å². The van der Waals surface area contributed by atoms with Crippen LogP contribution in [0.15, 0.2) is 23.3 Å². The lowest BCUT2D eigenvalue weighted by molar-refractivity contribution is -0.263. The van der Waals surface area contributed by atoms with Crippen molar-refractivity contribution in [2.45, 2.75) is 105 Å². The van der Waals surface area contributed by atoms with Crippen LogP contribution in [-0.2, 0) is 33.3 Å². The number of aliphatic hydroxyl groups is 1. The summed E-state index contributed by atoms with van der Waals surface area (Å²) in [5.41, 5.74) is -0.0413. The van der Waals surface area contributed by atoms with Gasteiger partial charge in [0.05, 0.1) is 31.8 Å². The van der Waals surface area contributed by atoms with E-state index in [2.05, 4.69) is 33.8 Å². The Morgan fingerprint density at radius 3 is 2.51 bits per heavy atom. The maximum Gasteiger partial charge on any atom is 0.333 e. The van der Waals surface area contributed by atoms with Gasteiger partial charge in [-0.1, -0.05) is 45.4 Å². The van der Waals surface area contributed by atoms with Gasteiger partial charge < -0.3 is 24.1 Å². The number of aliphatic hydroxyl groups excluding tert-OH is 1. The monoisotopic (exact) mass is 570 g/mol. The highest BCUT2D eigenvalue weighted by molar-refractivity contribution is 5.87. The van der Waals surface area contributed by atoms with Crippen molar-refractivity contribution in [2.24, 2.45) is 45.3 Å². The molecule has 226 valence electrons. The highest BCUT2D eigenvalue weighted by atomic mass is 16.6. The van der Waals surface area contributed by atoms with Gasteiger partial charge in [-0.15, -0.1) is 0 Å². The van der Waals surface area contributed by atoms with Gasteiger partial charge >= 0.3 is 17.9 Å². The third kappa shape index (κ3) is 3.74. The van der Waals surface area contributed by atoms with Crippen molar-refractivity contribution in [2.75, 3.05) is 13.2 Å². The molecule has 6 aliphatic rings. The molecule has 0 aromatic carbocycles. The van der Waals surface area contributed by atoms with Crippen molar-refractivity contribution < 1.29 is 38.4 Å². The molecule has 12 atom stereocenters. The Kier molecular flexibility index (Phi) is 6.63. The fourth-order valence-electron chi connectivity index (χ4n) is 10.9. The highest BCUT2D eigenvalue weighted by Gasteiger charge is 2.77. The Labute approximate surface area is 243 Å². The summed E-state index contributed by atoms with van der Waals surface area (Å²) in [6.07, 6.45) is 5.29. The van der Waals surface area contributed by atoms with Crippen LogP contribution in [0.4, 0.5) is 0 Å². The first-order chi connectivity index (χ1) is 19.2. The molecule has 4 aliphatic carbocycles. The first kappa shape index (κ1) is 28.9. The van der Waals surface area contributed by atoms with Gasteiger partial charge in [-0.05, 0) is 50.4 Å².